The lowest BCUT2D eigenvalue weighted by atomic mass is 10.0. The van der Waals surface area contributed by atoms with Crippen LogP contribution >= 0.6 is 0 Å². The van der Waals surface area contributed by atoms with Gasteiger partial charge in [-0.25, -0.2) is 0 Å². The molecule has 0 aliphatic carbocycles. The first-order chi connectivity index (χ1) is 10.6. The quantitative estimate of drug-likeness (QED) is 0.878. The zero-order valence-electron chi connectivity index (χ0n) is 12.5. The van der Waals surface area contributed by atoms with Gasteiger partial charge in [0.1, 0.15) is 17.6 Å². The molecule has 0 fully saturated rings. The molecule has 2 atom stereocenters. The van der Waals surface area contributed by atoms with Crippen molar-refractivity contribution in [2.24, 2.45) is 0 Å². The van der Waals surface area contributed by atoms with E-state index in [1.54, 1.807) is 6.07 Å². The van der Waals surface area contributed by atoms with Gasteiger partial charge in [0.25, 0.3) is 0 Å². The van der Waals surface area contributed by atoms with Gasteiger partial charge in [-0.3, -0.25) is 0 Å². The highest BCUT2D eigenvalue weighted by molar-refractivity contribution is 5.56. The van der Waals surface area contributed by atoms with Gasteiger partial charge in [0.15, 0.2) is 17.6 Å². The van der Waals surface area contributed by atoms with Crippen molar-refractivity contribution in [1.82, 2.24) is 0 Å². The Labute approximate surface area is 129 Å². The molecule has 4 heteroatoms. The van der Waals surface area contributed by atoms with E-state index in [0.29, 0.717) is 17.1 Å². The smallest absolute Gasteiger partial charge is 0.164 e. The van der Waals surface area contributed by atoms with Crippen LogP contribution < -0.4 is 9.47 Å². The van der Waals surface area contributed by atoms with Crippen LogP contribution in [0.15, 0.2) is 42.5 Å². The summed E-state index contributed by atoms with van der Waals surface area (Å²) in [4.78, 5) is 0. The third kappa shape index (κ3) is 2.60. The summed E-state index contributed by atoms with van der Waals surface area (Å²) in [5, 5.41) is 19.5. The normalized spacial score (nSPS) is 20.3. The van der Waals surface area contributed by atoms with Gasteiger partial charge in [0.2, 0.25) is 0 Å². The Morgan fingerprint density at radius 1 is 1.00 bits per heavy atom. The molecule has 4 nitrogen and oxygen atoms in total. The number of phenolic OH excluding ortho intramolecular Hbond substituents is 2. The van der Waals surface area contributed by atoms with Crippen LogP contribution in [0.4, 0.5) is 0 Å². The first kappa shape index (κ1) is 14.3. The average Bonchev–Trinajstić information content (AvgIpc) is 2.48. The lowest BCUT2D eigenvalue weighted by Gasteiger charge is -2.32. The molecule has 1 aliphatic heterocycles. The lowest BCUT2D eigenvalue weighted by Crippen LogP contribution is -2.30. The Balaban J connectivity index is 1.97. The van der Waals surface area contributed by atoms with Crippen molar-refractivity contribution in [3.8, 4) is 23.0 Å². The number of hydrogen-bond donors (Lipinski definition) is 2. The average molecular weight is 298 g/mol. The van der Waals surface area contributed by atoms with Gasteiger partial charge in [-0.05, 0) is 43.7 Å². The molecule has 2 aromatic rings. The van der Waals surface area contributed by atoms with Crippen molar-refractivity contribution in [3.63, 3.8) is 0 Å². The van der Waals surface area contributed by atoms with Gasteiger partial charge in [-0.1, -0.05) is 18.2 Å². The molecular formula is C18H18O4. The molecule has 1 heterocycles. The molecule has 0 aromatic heterocycles. The van der Waals surface area contributed by atoms with Gasteiger partial charge in [0.05, 0.1) is 0 Å². The van der Waals surface area contributed by atoms with Crippen molar-refractivity contribution in [2.45, 2.75) is 26.1 Å². The standard InChI is InChI=1S/C18H18O4/c1-3-4-12-5-8-16-17(9-12)22-18(11(2)21-16)14-7-6-13(19)10-15(14)20/h3-11,18-20H,1-2H3/b4-3+/t11-,18+/m0/s1. The van der Waals surface area contributed by atoms with Gasteiger partial charge in [0, 0.05) is 11.6 Å². The van der Waals surface area contributed by atoms with E-state index >= 15 is 0 Å². The van der Waals surface area contributed by atoms with E-state index in [4.69, 9.17) is 9.47 Å². The second-order valence-electron chi connectivity index (χ2n) is 5.31. The zero-order chi connectivity index (χ0) is 15.7. The van der Waals surface area contributed by atoms with Crippen LogP contribution in [0, 0.1) is 0 Å². The van der Waals surface area contributed by atoms with Crippen LogP contribution in [0.1, 0.15) is 31.1 Å². The summed E-state index contributed by atoms with van der Waals surface area (Å²) >= 11 is 0. The highest BCUT2D eigenvalue weighted by Gasteiger charge is 2.31. The van der Waals surface area contributed by atoms with Gasteiger partial charge >= 0.3 is 0 Å². The third-order valence-electron chi connectivity index (χ3n) is 3.64. The maximum absolute atomic E-state index is 10.0. The molecule has 2 N–H and O–H groups in total. The number of ether oxygens (including phenoxy) is 2. The largest absolute Gasteiger partial charge is 0.508 e. The minimum Gasteiger partial charge on any atom is -0.508 e. The molecule has 22 heavy (non-hydrogen) atoms. The lowest BCUT2D eigenvalue weighted by molar-refractivity contribution is 0.0293. The summed E-state index contributed by atoms with van der Waals surface area (Å²) in [5.41, 5.74) is 1.61. The zero-order valence-corrected chi connectivity index (χ0v) is 12.5. The van der Waals surface area contributed by atoms with E-state index in [1.807, 2.05) is 44.2 Å². The Bertz CT molecular complexity index is 721. The van der Waals surface area contributed by atoms with Gasteiger partial charge < -0.3 is 19.7 Å². The maximum Gasteiger partial charge on any atom is 0.164 e. The fourth-order valence-electron chi connectivity index (χ4n) is 2.59. The van der Waals surface area contributed by atoms with Crippen LogP contribution in [0.2, 0.25) is 0 Å². The molecule has 0 saturated heterocycles. The molecule has 1 aliphatic rings. The third-order valence-corrected chi connectivity index (χ3v) is 3.64. The fourth-order valence-corrected chi connectivity index (χ4v) is 2.59. The summed E-state index contributed by atoms with van der Waals surface area (Å²) in [6.45, 7) is 3.84. The Hall–Kier alpha value is -2.62. The topological polar surface area (TPSA) is 58.9 Å². The minimum atomic E-state index is -0.436. The van der Waals surface area contributed by atoms with E-state index in [-0.39, 0.29) is 17.6 Å². The number of phenols is 2. The summed E-state index contributed by atoms with van der Waals surface area (Å²) in [7, 11) is 0. The summed E-state index contributed by atoms with van der Waals surface area (Å²) in [6, 6.07) is 10.2. The summed E-state index contributed by atoms with van der Waals surface area (Å²) in [6.07, 6.45) is 3.25. The molecule has 0 saturated carbocycles. The number of fused-ring (bicyclic) bond motifs is 1. The van der Waals surface area contributed by atoms with Crippen LogP contribution in [-0.2, 0) is 0 Å². The second-order valence-corrected chi connectivity index (χ2v) is 5.31. The van der Waals surface area contributed by atoms with Crippen molar-refractivity contribution in [1.29, 1.82) is 0 Å². The molecule has 0 spiro atoms. The first-order valence-electron chi connectivity index (χ1n) is 7.20. The van der Waals surface area contributed by atoms with Crippen LogP contribution in [0.3, 0.4) is 0 Å². The highest BCUT2D eigenvalue weighted by Crippen LogP contribution is 2.42. The number of benzene rings is 2. The SMILES string of the molecule is C/C=C/c1ccc2c(c1)O[C@@H](c1ccc(O)cc1O)[C@H](C)O2. The van der Waals surface area contributed by atoms with Crippen LogP contribution in [0.25, 0.3) is 6.08 Å². The Morgan fingerprint density at radius 2 is 1.82 bits per heavy atom. The van der Waals surface area contributed by atoms with Crippen molar-refractivity contribution >= 4 is 6.08 Å². The van der Waals surface area contributed by atoms with E-state index in [0.717, 1.165) is 5.56 Å². The monoisotopic (exact) mass is 298 g/mol. The maximum atomic E-state index is 10.0. The highest BCUT2D eigenvalue weighted by atomic mass is 16.6. The van der Waals surface area contributed by atoms with E-state index in [2.05, 4.69) is 0 Å². The Kier molecular flexibility index (Phi) is 3.67. The number of rotatable bonds is 2. The molecule has 3 rings (SSSR count). The van der Waals surface area contributed by atoms with E-state index in [9.17, 15) is 10.2 Å². The van der Waals surface area contributed by atoms with Crippen LogP contribution in [-0.4, -0.2) is 16.3 Å². The summed E-state index contributed by atoms with van der Waals surface area (Å²) < 4.78 is 11.9. The molecule has 0 bridgehead atoms. The van der Waals surface area contributed by atoms with Crippen molar-refractivity contribution in [2.75, 3.05) is 0 Å². The number of hydrogen-bond acceptors (Lipinski definition) is 4. The predicted octanol–water partition coefficient (Wildman–Crippen LogP) is 4.03. The minimum absolute atomic E-state index is 0.00601. The number of allylic oxidation sites excluding steroid dienone is 1. The second kappa shape index (κ2) is 5.64. The van der Waals surface area contributed by atoms with E-state index in [1.165, 1.54) is 12.1 Å². The number of aromatic hydroxyl groups is 2. The van der Waals surface area contributed by atoms with E-state index < -0.39 is 6.10 Å². The predicted molar refractivity (Wildman–Crippen MR) is 84.4 cm³/mol. The van der Waals surface area contributed by atoms with Gasteiger partial charge in [-0.2, -0.15) is 0 Å². The Morgan fingerprint density at radius 3 is 2.55 bits per heavy atom. The summed E-state index contributed by atoms with van der Waals surface area (Å²) in [5.74, 6) is 1.34. The molecule has 114 valence electrons. The molecule has 0 radical (unpaired) electrons. The van der Waals surface area contributed by atoms with Gasteiger partial charge in [-0.15, -0.1) is 0 Å². The van der Waals surface area contributed by atoms with Crippen molar-refractivity contribution < 1.29 is 19.7 Å². The molecule has 0 amide bonds. The molecule has 0 unspecified atom stereocenters. The first-order valence-corrected chi connectivity index (χ1v) is 7.20. The fraction of sp³-hybridized carbons (Fsp3) is 0.222. The van der Waals surface area contributed by atoms with Crippen molar-refractivity contribution in [3.05, 3.63) is 53.6 Å². The van der Waals surface area contributed by atoms with Crippen LogP contribution in [0.5, 0.6) is 23.0 Å². The molecule has 2 aromatic carbocycles. The molecular weight excluding hydrogens is 280 g/mol.